The number of rotatable bonds is 5. The Morgan fingerprint density at radius 1 is 1.32 bits per heavy atom. The van der Waals surface area contributed by atoms with Crippen molar-refractivity contribution in [1.29, 1.82) is 5.26 Å². The Morgan fingerprint density at radius 3 is 2.71 bits per heavy atom. The molecule has 1 amide bonds. The molecule has 2 aromatic rings. The van der Waals surface area contributed by atoms with Gasteiger partial charge in [0, 0.05) is 13.1 Å². The van der Waals surface area contributed by atoms with Gasteiger partial charge in [0.1, 0.15) is 5.54 Å². The molecular formula is C21H24N4O2S. The van der Waals surface area contributed by atoms with Crippen LogP contribution >= 0.6 is 11.8 Å². The molecule has 1 aromatic heterocycles. The molecule has 28 heavy (non-hydrogen) atoms. The molecular weight excluding hydrogens is 372 g/mol. The lowest BCUT2D eigenvalue weighted by molar-refractivity contribution is -0.131. The number of fused-ring (bicyclic) bond motifs is 1. The lowest BCUT2D eigenvalue weighted by atomic mass is 9.81. The predicted molar refractivity (Wildman–Crippen MR) is 109 cm³/mol. The molecule has 2 fully saturated rings. The van der Waals surface area contributed by atoms with Gasteiger partial charge in [-0.3, -0.25) is 14.2 Å². The third-order valence-electron chi connectivity index (χ3n) is 5.92. The summed E-state index contributed by atoms with van der Waals surface area (Å²) in [5.74, 6) is 0.0930. The molecule has 2 aliphatic rings. The Morgan fingerprint density at radius 2 is 2.04 bits per heavy atom. The minimum absolute atomic E-state index is 0.0304. The largest absolute Gasteiger partial charge is 0.326 e. The van der Waals surface area contributed by atoms with E-state index in [0.717, 1.165) is 44.9 Å². The maximum absolute atomic E-state index is 12.9. The zero-order valence-electron chi connectivity index (χ0n) is 16.1. The van der Waals surface area contributed by atoms with E-state index in [1.54, 1.807) is 22.6 Å². The highest BCUT2D eigenvalue weighted by Gasteiger charge is 2.39. The van der Waals surface area contributed by atoms with Crippen molar-refractivity contribution >= 4 is 28.6 Å². The van der Waals surface area contributed by atoms with Crippen LogP contribution in [-0.4, -0.2) is 38.7 Å². The van der Waals surface area contributed by atoms with Crippen LogP contribution in [0.5, 0.6) is 0 Å². The molecule has 7 heteroatoms. The van der Waals surface area contributed by atoms with Gasteiger partial charge in [0.15, 0.2) is 5.16 Å². The third kappa shape index (κ3) is 3.42. The van der Waals surface area contributed by atoms with E-state index in [1.807, 2.05) is 18.2 Å². The number of hydrogen-bond acceptors (Lipinski definition) is 5. The maximum Gasteiger partial charge on any atom is 0.262 e. The van der Waals surface area contributed by atoms with Crippen LogP contribution in [0, 0.1) is 11.3 Å². The molecule has 0 atom stereocenters. The van der Waals surface area contributed by atoms with Crippen LogP contribution in [0.1, 0.15) is 51.0 Å². The molecule has 0 saturated heterocycles. The van der Waals surface area contributed by atoms with Crippen molar-refractivity contribution in [3.8, 4) is 6.07 Å². The van der Waals surface area contributed by atoms with Gasteiger partial charge in [0.05, 0.1) is 22.7 Å². The first-order valence-corrected chi connectivity index (χ1v) is 10.9. The average molecular weight is 397 g/mol. The molecule has 2 aliphatic carbocycles. The molecule has 6 nitrogen and oxygen atoms in total. The van der Waals surface area contributed by atoms with Crippen molar-refractivity contribution in [3.05, 3.63) is 34.6 Å². The lowest BCUT2D eigenvalue weighted by Gasteiger charge is -2.39. The van der Waals surface area contributed by atoms with E-state index in [1.165, 1.54) is 11.8 Å². The highest BCUT2D eigenvalue weighted by atomic mass is 32.2. The van der Waals surface area contributed by atoms with Crippen molar-refractivity contribution in [2.45, 2.75) is 61.7 Å². The van der Waals surface area contributed by atoms with E-state index >= 15 is 0 Å². The lowest BCUT2D eigenvalue weighted by Crippen LogP contribution is -2.50. The molecule has 2 saturated carbocycles. The second kappa shape index (κ2) is 7.59. The summed E-state index contributed by atoms with van der Waals surface area (Å²) in [4.78, 5) is 32.1. The zero-order chi connectivity index (χ0) is 19.7. The Balaban J connectivity index is 1.57. The first-order chi connectivity index (χ1) is 13.6. The van der Waals surface area contributed by atoms with Gasteiger partial charge in [-0.1, -0.05) is 43.2 Å². The minimum atomic E-state index is -0.692. The van der Waals surface area contributed by atoms with E-state index < -0.39 is 5.54 Å². The molecule has 146 valence electrons. The predicted octanol–water partition coefficient (Wildman–Crippen LogP) is 3.51. The van der Waals surface area contributed by atoms with E-state index in [-0.39, 0.29) is 23.3 Å². The first-order valence-electron chi connectivity index (χ1n) is 9.88. The molecule has 0 radical (unpaired) electrons. The molecule has 0 unspecified atom stereocenters. The summed E-state index contributed by atoms with van der Waals surface area (Å²) >= 11 is 1.31. The van der Waals surface area contributed by atoms with Crippen molar-refractivity contribution in [1.82, 2.24) is 14.5 Å². The fourth-order valence-electron chi connectivity index (χ4n) is 4.00. The van der Waals surface area contributed by atoms with Gasteiger partial charge < -0.3 is 4.90 Å². The van der Waals surface area contributed by atoms with Crippen LogP contribution < -0.4 is 5.56 Å². The van der Waals surface area contributed by atoms with Crippen molar-refractivity contribution in [2.75, 3.05) is 12.8 Å². The van der Waals surface area contributed by atoms with Gasteiger partial charge in [-0.05, 0) is 37.8 Å². The SMILES string of the molecule is CN(C(=O)CSc1nc2ccccc2c(=O)n1C1CC1)C1(C#N)CCCCC1. The normalized spacial score (nSPS) is 18.6. The number of thioether (sulfide) groups is 1. The Labute approximate surface area is 168 Å². The van der Waals surface area contributed by atoms with E-state index in [0.29, 0.717) is 16.1 Å². The topological polar surface area (TPSA) is 79.0 Å². The molecule has 1 heterocycles. The molecule has 1 aromatic carbocycles. The van der Waals surface area contributed by atoms with Gasteiger partial charge in [0.25, 0.3) is 5.56 Å². The first kappa shape index (κ1) is 19.0. The Kier molecular flexibility index (Phi) is 5.15. The number of nitrogens with zero attached hydrogens (tertiary/aromatic N) is 4. The number of benzene rings is 1. The van der Waals surface area contributed by atoms with E-state index in [9.17, 15) is 14.9 Å². The molecule has 0 aliphatic heterocycles. The van der Waals surface area contributed by atoms with Gasteiger partial charge in [-0.25, -0.2) is 4.98 Å². The smallest absolute Gasteiger partial charge is 0.262 e. The van der Waals surface area contributed by atoms with Crippen molar-refractivity contribution in [3.63, 3.8) is 0 Å². The Hall–Kier alpha value is -2.33. The number of nitriles is 1. The van der Waals surface area contributed by atoms with Crippen LogP contribution in [0.15, 0.2) is 34.2 Å². The number of carbonyl (C=O) groups is 1. The highest BCUT2D eigenvalue weighted by molar-refractivity contribution is 7.99. The van der Waals surface area contributed by atoms with Gasteiger partial charge in [0.2, 0.25) is 5.91 Å². The highest BCUT2D eigenvalue weighted by Crippen LogP contribution is 2.37. The quantitative estimate of drug-likeness (QED) is 0.571. The molecule has 0 spiro atoms. The van der Waals surface area contributed by atoms with Crippen LogP contribution in [0.2, 0.25) is 0 Å². The zero-order valence-corrected chi connectivity index (χ0v) is 16.9. The van der Waals surface area contributed by atoms with E-state index in [2.05, 4.69) is 11.1 Å². The maximum atomic E-state index is 12.9. The minimum Gasteiger partial charge on any atom is -0.326 e. The summed E-state index contributed by atoms with van der Waals surface area (Å²) in [6.45, 7) is 0. The second-order valence-corrected chi connectivity index (χ2v) is 8.71. The second-order valence-electron chi connectivity index (χ2n) is 7.76. The summed E-state index contributed by atoms with van der Waals surface area (Å²) in [5, 5.41) is 10.9. The fraction of sp³-hybridized carbons (Fsp3) is 0.524. The standard InChI is InChI=1S/C21H24N4O2S/c1-24(21(14-22)11-5-2-6-12-21)18(26)13-28-20-23-17-8-4-3-7-16(17)19(27)25(20)15-9-10-15/h3-4,7-8,15H,2,5-6,9-13H2,1H3. The third-order valence-corrected chi connectivity index (χ3v) is 6.85. The number of carbonyl (C=O) groups excluding carboxylic acids is 1. The summed E-state index contributed by atoms with van der Waals surface area (Å²) in [6.07, 6.45) is 6.49. The van der Waals surface area contributed by atoms with Gasteiger partial charge >= 0.3 is 0 Å². The monoisotopic (exact) mass is 396 g/mol. The van der Waals surface area contributed by atoms with Crippen LogP contribution in [0.25, 0.3) is 10.9 Å². The molecule has 4 rings (SSSR count). The van der Waals surface area contributed by atoms with Crippen molar-refractivity contribution in [2.24, 2.45) is 0 Å². The molecule has 0 bridgehead atoms. The fourth-order valence-corrected chi connectivity index (χ4v) is 4.98. The summed E-state index contributed by atoms with van der Waals surface area (Å²) in [6, 6.07) is 9.92. The molecule has 0 N–H and O–H groups in total. The summed E-state index contributed by atoms with van der Waals surface area (Å²) in [5.41, 5.74) is -0.0614. The van der Waals surface area contributed by atoms with Crippen LogP contribution in [0.3, 0.4) is 0 Å². The Bertz CT molecular complexity index is 1000. The number of amides is 1. The van der Waals surface area contributed by atoms with Crippen LogP contribution in [-0.2, 0) is 4.79 Å². The summed E-state index contributed by atoms with van der Waals surface area (Å²) in [7, 11) is 1.74. The summed E-state index contributed by atoms with van der Waals surface area (Å²) < 4.78 is 1.75. The number of hydrogen-bond donors (Lipinski definition) is 0. The van der Waals surface area contributed by atoms with Gasteiger partial charge in [-0.2, -0.15) is 5.26 Å². The number of aromatic nitrogens is 2. The van der Waals surface area contributed by atoms with Crippen molar-refractivity contribution < 1.29 is 4.79 Å². The van der Waals surface area contributed by atoms with Gasteiger partial charge in [-0.15, -0.1) is 0 Å². The van der Waals surface area contributed by atoms with Crippen LogP contribution in [0.4, 0.5) is 0 Å². The average Bonchev–Trinajstić information content (AvgIpc) is 3.57. The van der Waals surface area contributed by atoms with E-state index in [4.69, 9.17) is 0 Å². The number of para-hydroxylation sites is 1.